The van der Waals surface area contributed by atoms with Gasteiger partial charge in [0.15, 0.2) is 11.1 Å². The largest absolute Gasteiger partial charge is 0.480 e. The van der Waals surface area contributed by atoms with E-state index in [1.807, 2.05) is 0 Å². The first kappa shape index (κ1) is 12.8. The second kappa shape index (κ2) is 4.53. The van der Waals surface area contributed by atoms with Gasteiger partial charge in [0.1, 0.15) is 17.7 Å². The van der Waals surface area contributed by atoms with Crippen LogP contribution < -0.4 is 16.9 Å². The van der Waals surface area contributed by atoms with Crippen molar-refractivity contribution in [3.05, 3.63) is 32.5 Å². The van der Waals surface area contributed by atoms with E-state index in [0.717, 1.165) is 10.8 Å². The summed E-state index contributed by atoms with van der Waals surface area (Å²) in [5, 5.41) is 17.8. The van der Waals surface area contributed by atoms with E-state index in [1.165, 1.54) is 0 Å². The molecule has 9 nitrogen and oxygen atoms in total. The van der Waals surface area contributed by atoms with Crippen molar-refractivity contribution in [3.63, 3.8) is 0 Å². The predicted octanol–water partition coefficient (Wildman–Crippen LogP) is -1.76. The van der Waals surface area contributed by atoms with Crippen LogP contribution in [0, 0.1) is 0 Å². The highest BCUT2D eigenvalue weighted by molar-refractivity contribution is 5.86. The number of aliphatic carboxylic acids is 1. The Morgan fingerprint density at radius 2 is 2.16 bits per heavy atom. The third-order valence-electron chi connectivity index (χ3n) is 2.52. The quantitative estimate of drug-likeness (QED) is 0.513. The average molecular weight is 266 g/mol. The number of carbonyl (C=O) groups is 1. The zero-order valence-electron chi connectivity index (χ0n) is 9.58. The summed E-state index contributed by atoms with van der Waals surface area (Å²) in [7, 11) is 0. The number of H-pyrrole nitrogens is 1. The molecule has 9 heteroatoms. The van der Waals surface area contributed by atoms with Crippen LogP contribution in [0.2, 0.25) is 0 Å². The van der Waals surface area contributed by atoms with Gasteiger partial charge in [-0.15, -0.1) is 0 Å². The van der Waals surface area contributed by atoms with Gasteiger partial charge in [-0.2, -0.15) is 4.98 Å². The number of aliphatic hydroxyl groups excluding tert-OH is 1. The number of hydrogen-bond acceptors (Lipinski definition) is 6. The fraction of sp³-hybridized carbons (Fsp3) is 0.200. The van der Waals surface area contributed by atoms with Crippen molar-refractivity contribution in [2.24, 2.45) is 0 Å². The number of rotatable bonds is 3. The molecule has 0 bridgehead atoms. The molecule has 0 aliphatic heterocycles. The topological polar surface area (TPSA) is 151 Å². The van der Waals surface area contributed by atoms with Crippen molar-refractivity contribution in [1.82, 2.24) is 14.5 Å². The summed E-state index contributed by atoms with van der Waals surface area (Å²) < 4.78 is 1.08. The molecule has 0 saturated carbocycles. The summed E-state index contributed by atoms with van der Waals surface area (Å²) in [6.07, 6.45) is 1.14. The van der Waals surface area contributed by atoms with E-state index < -0.39 is 30.2 Å². The molecule has 0 fully saturated rings. The summed E-state index contributed by atoms with van der Waals surface area (Å²) in [6.45, 7) is -1.09. The number of nitrogens with zero attached hydrogens (tertiary/aromatic N) is 2. The van der Waals surface area contributed by atoms with E-state index in [9.17, 15) is 14.4 Å². The SMILES string of the molecule is Nc1[nH]c(=O)nc2c1c(=O)c(CO)cn2CC(=O)O. The lowest BCUT2D eigenvalue weighted by Crippen LogP contribution is -2.24. The molecule has 2 aromatic rings. The van der Waals surface area contributed by atoms with Crippen LogP contribution >= 0.6 is 0 Å². The number of nitrogens with two attached hydrogens (primary N) is 1. The fourth-order valence-corrected chi connectivity index (χ4v) is 1.76. The third kappa shape index (κ3) is 2.18. The maximum absolute atomic E-state index is 12.0. The van der Waals surface area contributed by atoms with Crippen LogP contribution in [0.4, 0.5) is 5.82 Å². The Morgan fingerprint density at radius 1 is 1.47 bits per heavy atom. The number of fused-ring (bicyclic) bond motifs is 1. The number of aromatic amines is 1. The lowest BCUT2D eigenvalue weighted by atomic mass is 10.2. The molecule has 0 radical (unpaired) electrons. The number of carboxylic acid groups (broad SMARTS) is 1. The van der Waals surface area contributed by atoms with E-state index in [2.05, 4.69) is 9.97 Å². The summed E-state index contributed by atoms with van der Waals surface area (Å²) in [5.41, 5.74) is 3.99. The molecule has 0 atom stereocenters. The molecular formula is C10H10N4O5. The van der Waals surface area contributed by atoms with E-state index in [0.29, 0.717) is 0 Å². The Hall–Kier alpha value is -2.68. The molecule has 0 aromatic carbocycles. The smallest absolute Gasteiger partial charge is 0.348 e. The number of hydrogen-bond donors (Lipinski definition) is 4. The summed E-state index contributed by atoms with van der Waals surface area (Å²) in [4.78, 5) is 39.7. The number of aromatic nitrogens is 3. The van der Waals surface area contributed by atoms with Crippen LogP contribution in [0.15, 0.2) is 15.8 Å². The lowest BCUT2D eigenvalue weighted by Gasteiger charge is -2.10. The summed E-state index contributed by atoms with van der Waals surface area (Å²) in [6, 6.07) is 0. The van der Waals surface area contributed by atoms with Crippen LogP contribution in [-0.4, -0.2) is 30.7 Å². The number of aliphatic hydroxyl groups is 1. The van der Waals surface area contributed by atoms with E-state index in [4.69, 9.17) is 15.9 Å². The van der Waals surface area contributed by atoms with Crippen LogP contribution in [0.25, 0.3) is 11.0 Å². The lowest BCUT2D eigenvalue weighted by molar-refractivity contribution is -0.137. The van der Waals surface area contributed by atoms with Crippen molar-refractivity contribution >= 4 is 22.8 Å². The number of anilines is 1. The van der Waals surface area contributed by atoms with Gasteiger partial charge >= 0.3 is 11.7 Å². The van der Waals surface area contributed by atoms with E-state index >= 15 is 0 Å². The Bertz CT molecular complexity index is 776. The number of pyridine rings is 1. The molecule has 2 rings (SSSR count). The number of nitrogen functional groups attached to an aromatic ring is 1. The summed E-state index contributed by atoms with van der Waals surface area (Å²) in [5.74, 6) is -1.40. The second-order valence-corrected chi connectivity index (χ2v) is 3.82. The normalized spacial score (nSPS) is 10.8. The first-order valence-corrected chi connectivity index (χ1v) is 5.18. The Morgan fingerprint density at radius 3 is 2.74 bits per heavy atom. The van der Waals surface area contributed by atoms with Gasteiger partial charge < -0.3 is 20.5 Å². The summed E-state index contributed by atoms with van der Waals surface area (Å²) >= 11 is 0. The van der Waals surface area contributed by atoms with Gasteiger partial charge in [-0.1, -0.05) is 0 Å². The van der Waals surface area contributed by atoms with E-state index in [-0.39, 0.29) is 22.4 Å². The van der Waals surface area contributed by atoms with Crippen LogP contribution in [0.1, 0.15) is 5.56 Å². The number of carboxylic acids is 1. The molecule has 0 aliphatic rings. The van der Waals surface area contributed by atoms with Crippen molar-refractivity contribution in [2.75, 3.05) is 5.73 Å². The van der Waals surface area contributed by atoms with Gasteiger partial charge in [0.2, 0.25) is 0 Å². The van der Waals surface area contributed by atoms with Gasteiger partial charge in [-0.05, 0) is 0 Å². The van der Waals surface area contributed by atoms with Gasteiger partial charge in [0.25, 0.3) is 0 Å². The van der Waals surface area contributed by atoms with Crippen molar-refractivity contribution in [1.29, 1.82) is 0 Å². The van der Waals surface area contributed by atoms with Gasteiger partial charge in [0, 0.05) is 11.8 Å². The van der Waals surface area contributed by atoms with Crippen molar-refractivity contribution < 1.29 is 15.0 Å². The monoisotopic (exact) mass is 266 g/mol. The molecule has 0 amide bonds. The fourth-order valence-electron chi connectivity index (χ4n) is 1.76. The van der Waals surface area contributed by atoms with Crippen LogP contribution in [-0.2, 0) is 17.9 Å². The van der Waals surface area contributed by atoms with Gasteiger partial charge in [-0.25, -0.2) is 4.79 Å². The zero-order chi connectivity index (χ0) is 14.2. The van der Waals surface area contributed by atoms with Crippen LogP contribution in [0.5, 0.6) is 0 Å². The molecule has 0 unspecified atom stereocenters. The van der Waals surface area contributed by atoms with Gasteiger partial charge in [-0.3, -0.25) is 14.6 Å². The van der Waals surface area contributed by atoms with Gasteiger partial charge in [0.05, 0.1) is 6.61 Å². The minimum absolute atomic E-state index is 0.0331. The molecule has 0 spiro atoms. The Kier molecular flexibility index (Phi) is 3.05. The maximum Gasteiger partial charge on any atom is 0.348 e. The molecule has 5 N–H and O–H groups in total. The first-order valence-electron chi connectivity index (χ1n) is 5.18. The Labute approximate surface area is 104 Å². The second-order valence-electron chi connectivity index (χ2n) is 3.82. The molecule has 0 aliphatic carbocycles. The molecule has 0 saturated heterocycles. The minimum atomic E-state index is -1.19. The molecule has 19 heavy (non-hydrogen) atoms. The van der Waals surface area contributed by atoms with E-state index in [1.54, 1.807) is 0 Å². The highest BCUT2D eigenvalue weighted by Gasteiger charge is 2.15. The molecular weight excluding hydrogens is 256 g/mol. The first-order chi connectivity index (χ1) is 8.93. The number of nitrogens with one attached hydrogen (secondary N) is 1. The van der Waals surface area contributed by atoms with Crippen molar-refractivity contribution in [2.45, 2.75) is 13.2 Å². The molecule has 100 valence electrons. The standard InChI is InChI=1S/C10H10N4O5/c11-8-6-7(18)4(3-15)1-14(2-5(16)17)9(6)13-10(19)12-8/h1,15H,2-3H2,(H,16,17)(H3,11,12,13,19). The average Bonchev–Trinajstić information content (AvgIpc) is 2.31. The van der Waals surface area contributed by atoms with Crippen molar-refractivity contribution in [3.8, 4) is 0 Å². The highest BCUT2D eigenvalue weighted by Crippen LogP contribution is 2.12. The molecule has 2 aromatic heterocycles. The minimum Gasteiger partial charge on any atom is -0.480 e. The predicted molar refractivity (Wildman–Crippen MR) is 64.6 cm³/mol. The third-order valence-corrected chi connectivity index (χ3v) is 2.52. The molecule has 2 heterocycles. The Balaban J connectivity index is 2.95. The highest BCUT2D eigenvalue weighted by atomic mass is 16.4. The maximum atomic E-state index is 12.0. The zero-order valence-corrected chi connectivity index (χ0v) is 9.58. The van der Waals surface area contributed by atoms with Crippen LogP contribution in [0.3, 0.4) is 0 Å².